The van der Waals surface area contributed by atoms with Crippen molar-refractivity contribution < 1.29 is 4.74 Å². The van der Waals surface area contributed by atoms with Gasteiger partial charge in [-0.25, -0.2) is 0 Å². The summed E-state index contributed by atoms with van der Waals surface area (Å²) in [5, 5.41) is 4.38. The molecule has 4 rings (SSSR count). The van der Waals surface area contributed by atoms with Crippen LogP contribution in [0.3, 0.4) is 0 Å². The molecule has 2 fully saturated rings. The number of hydrogen-bond donors (Lipinski definition) is 1. The maximum Gasteiger partial charge on any atom is 0.170 e. The van der Waals surface area contributed by atoms with Gasteiger partial charge in [-0.3, -0.25) is 9.88 Å². The first-order valence-electron chi connectivity index (χ1n) is 10.6. The van der Waals surface area contributed by atoms with Crippen LogP contribution < -0.4 is 5.32 Å². The second-order valence-corrected chi connectivity index (χ2v) is 8.45. The molecular formula is C22H31N5OS. The van der Waals surface area contributed by atoms with Crippen molar-refractivity contribution in [3.05, 3.63) is 54.1 Å². The van der Waals surface area contributed by atoms with Gasteiger partial charge in [0.1, 0.15) is 0 Å². The van der Waals surface area contributed by atoms with E-state index in [2.05, 4.69) is 62.9 Å². The van der Waals surface area contributed by atoms with Crippen LogP contribution in [0.5, 0.6) is 0 Å². The van der Waals surface area contributed by atoms with Crippen molar-refractivity contribution in [3.8, 4) is 0 Å². The molecule has 2 aromatic heterocycles. The summed E-state index contributed by atoms with van der Waals surface area (Å²) in [4.78, 5) is 9.49. The van der Waals surface area contributed by atoms with E-state index in [4.69, 9.17) is 17.0 Å². The molecule has 0 radical (unpaired) electrons. The number of nitrogens with one attached hydrogen (secondary N) is 1. The van der Waals surface area contributed by atoms with Gasteiger partial charge in [0.25, 0.3) is 0 Å². The van der Waals surface area contributed by atoms with Crippen LogP contribution in [0.25, 0.3) is 0 Å². The molecule has 6 nitrogen and oxygen atoms in total. The summed E-state index contributed by atoms with van der Waals surface area (Å²) in [6.45, 7) is 10.2. The zero-order valence-electron chi connectivity index (χ0n) is 17.3. The molecule has 2 aromatic rings. The second kappa shape index (κ2) is 9.24. The van der Waals surface area contributed by atoms with Crippen molar-refractivity contribution >= 4 is 17.3 Å². The van der Waals surface area contributed by atoms with Gasteiger partial charge in [-0.1, -0.05) is 6.07 Å². The zero-order valence-corrected chi connectivity index (χ0v) is 18.1. The lowest BCUT2D eigenvalue weighted by Crippen LogP contribution is -2.39. The maximum absolute atomic E-state index is 5.79. The van der Waals surface area contributed by atoms with Crippen LogP contribution in [0.2, 0.25) is 0 Å². The van der Waals surface area contributed by atoms with E-state index in [0.717, 1.165) is 56.6 Å². The third-order valence-corrected chi connectivity index (χ3v) is 6.20. The van der Waals surface area contributed by atoms with E-state index in [1.54, 1.807) is 0 Å². The van der Waals surface area contributed by atoms with Crippen LogP contribution in [-0.2, 0) is 4.74 Å². The van der Waals surface area contributed by atoms with Crippen molar-refractivity contribution in [3.63, 3.8) is 0 Å². The van der Waals surface area contributed by atoms with E-state index < -0.39 is 0 Å². The van der Waals surface area contributed by atoms with Gasteiger partial charge < -0.3 is 19.5 Å². The summed E-state index contributed by atoms with van der Waals surface area (Å²) in [6.07, 6.45) is 5.11. The fourth-order valence-corrected chi connectivity index (χ4v) is 4.72. The Kier molecular flexibility index (Phi) is 6.47. The summed E-state index contributed by atoms with van der Waals surface area (Å²) in [6, 6.07) is 11.1. The van der Waals surface area contributed by atoms with Crippen LogP contribution >= 0.6 is 12.2 Å². The summed E-state index contributed by atoms with van der Waals surface area (Å²) < 4.78 is 7.82. The highest BCUT2D eigenvalue weighted by Gasteiger charge is 2.41. The van der Waals surface area contributed by atoms with Crippen LogP contribution in [0, 0.1) is 0 Å². The summed E-state index contributed by atoms with van der Waals surface area (Å²) >= 11 is 5.79. The number of nitrogens with zero attached hydrogens (tertiary/aromatic N) is 4. The molecule has 29 heavy (non-hydrogen) atoms. The van der Waals surface area contributed by atoms with Gasteiger partial charge in [0.15, 0.2) is 5.11 Å². The van der Waals surface area contributed by atoms with Gasteiger partial charge in [-0.2, -0.15) is 0 Å². The first-order chi connectivity index (χ1) is 14.1. The van der Waals surface area contributed by atoms with E-state index in [-0.39, 0.29) is 12.1 Å². The van der Waals surface area contributed by atoms with Crippen LogP contribution in [0.1, 0.15) is 49.8 Å². The lowest BCUT2D eigenvalue weighted by atomic mass is 10.0. The number of ether oxygens (including phenoxy) is 1. The fourth-order valence-electron chi connectivity index (χ4n) is 4.39. The standard InChI is InChI=1S/C22H31N5OS/c1-17(2)26-11-5-8-19(26)21-20(18-7-3-4-9-23-18)24-22(29)27(21)12-6-10-25-13-15-28-16-14-25/h3-5,7-9,11,17,20-21H,6,10,12-16H2,1-2H3,(H,24,29). The van der Waals surface area contributed by atoms with Crippen molar-refractivity contribution in [2.24, 2.45) is 0 Å². The van der Waals surface area contributed by atoms with E-state index in [1.807, 2.05) is 18.3 Å². The monoisotopic (exact) mass is 413 g/mol. The third-order valence-electron chi connectivity index (χ3n) is 5.85. The zero-order chi connectivity index (χ0) is 20.2. The maximum atomic E-state index is 5.79. The topological polar surface area (TPSA) is 45.6 Å². The quantitative estimate of drug-likeness (QED) is 0.704. The highest BCUT2D eigenvalue weighted by Crippen LogP contribution is 2.39. The SMILES string of the molecule is CC(C)n1cccc1C1C(c2ccccn2)NC(=S)N1CCCN1CCOCC1. The summed E-state index contributed by atoms with van der Waals surface area (Å²) in [5.74, 6) is 0. The van der Waals surface area contributed by atoms with Gasteiger partial charge in [0.05, 0.1) is 31.0 Å². The molecule has 4 heterocycles. The Hall–Kier alpha value is -1.96. The Morgan fingerprint density at radius 3 is 2.72 bits per heavy atom. The van der Waals surface area contributed by atoms with Crippen molar-refractivity contribution in [1.82, 2.24) is 24.7 Å². The largest absolute Gasteiger partial charge is 0.379 e. The average molecular weight is 414 g/mol. The molecule has 0 spiro atoms. The highest BCUT2D eigenvalue weighted by atomic mass is 32.1. The molecule has 0 bridgehead atoms. The van der Waals surface area contributed by atoms with Gasteiger partial charge in [-0.05, 0) is 56.8 Å². The number of aromatic nitrogens is 2. The molecular weight excluding hydrogens is 382 g/mol. The van der Waals surface area contributed by atoms with Crippen molar-refractivity contribution in [2.75, 3.05) is 39.4 Å². The molecule has 0 saturated carbocycles. The number of hydrogen-bond acceptors (Lipinski definition) is 4. The molecule has 7 heteroatoms. The highest BCUT2D eigenvalue weighted by molar-refractivity contribution is 7.80. The predicted molar refractivity (Wildman–Crippen MR) is 119 cm³/mol. The molecule has 1 N–H and O–H groups in total. The number of rotatable bonds is 7. The number of pyridine rings is 1. The Labute approximate surface area is 178 Å². The van der Waals surface area contributed by atoms with Crippen LogP contribution in [0.4, 0.5) is 0 Å². The molecule has 2 aliphatic heterocycles. The van der Waals surface area contributed by atoms with Crippen LogP contribution in [-0.4, -0.2) is 63.9 Å². The molecule has 2 unspecified atom stereocenters. The lowest BCUT2D eigenvalue weighted by Gasteiger charge is -2.31. The van der Waals surface area contributed by atoms with E-state index in [0.29, 0.717) is 6.04 Å². The van der Waals surface area contributed by atoms with Gasteiger partial charge in [-0.15, -0.1) is 0 Å². The first kappa shape index (κ1) is 20.3. The Morgan fingerprint density at radius 1 is 1.17 bits per heavy atom. The van der Waals surface area contributed by atoms with Gasteiger partial charge >= 0.3 is 0 Å². The number of thiocarbonyl (C=S) groups is 1. The Bertz CT molecular complexity index is 803. The second-order valence-electron chi connectivity index (χ2n) is 8.06. The minimum atomic E-state index is 0.0551. The molecule has 156 valence electrons. The molecule has 0 aliphatic carbocycles. The normalized spacial score (nSPS) is 23.0. The third kappa shape index (κ3) is 4.47. The summed E-state index contributed by atoms with van der Waals surface area (Å²) in [5.41, 5.74) is 2.32. The predicted octanol–water partition coefficient (Wildman–Crippen LogP) is 3.16. The minimum Gasteiger partial charge on any atom is -0.379 e. The van der Waals surface area contributed by atoms with E-state index >= 15 is 0 Å². The van der Waals surface area contributed by atoms with Crippen molar-refractivity contribution in [2.45, 2.75) is 38.4 Å². The fraction of sp³-hybridized carbons (Fsp3) is 0.545. The molecule has 2 atom stereocenters. The summed E-state index contributed by atoms with van der Waals surface area (Å²) in [7, 11) is 0. The number of morpholine rings is 1. The smallest absolute Gasteiger partial charge is 0.170 e. The molecule has 0 amide bonds. The first-order valence-corrected chi connectivity index (χ1v) is 11.0. The van der Waals surface area contributed by atoms with Gasteiger partial charge in [0.2, 0.25) is 0 Å². The average Bonchev–Trinajstić information content (AvgIpc) is 3.34. The molecule has 2 saturated heterocycles. The lowest BCUT2D eigenvalue weighted by molar-refractivity contribution is 0.0365. The molecule has 2 aliphatic rings. The minimum absolute atomic E-state index is 0.0551. The van der Waals surface area contributed by atoms with Gasteiger partial charge in [0, 0.05) is 50.3 Å². The molecule has 0 aromatic carbocycles. The van der Waals surface area contributed by atoms with Crippen molar-refractivity contribution in [1.29, 1.82) is 0 Å². The Morgan fingerprint density at radius 2 is 2.00 bits per heavy atom. The Balaban J connectivity index is 1.56. The van der Waals surface area contributed by atoms with E-state index in [9.17, 15) is 0 Å². The van der Waals surface area contributed by atoms with Crippen LogP contribution in [0.15, 0.2) is 42.7 Å². The van der Waals surface area contributed by atoms with E-state index in [1.165, 1.54) is 5.69 Å².